The van der Waals surface area contributed by atoms with Crippen LogP contribution < -0.4 is 5.43 Å². The lowest BCUT2D eigenvalue weighted by molar-refractivity contribution is 0.0856. The molecule has 0 aliphatic heterocycles. The fourth-order valence-electron chi connectivity index (χ4n) is 1.35. The maximum Gasteiger partial charge on any atom is 0.265 e. The van der Waals surface area contributed by atoms with Crippen LogP contribution in [0.5, 0.6) is 0 Å². The van der Waals surface area contributed by atoms with E-state index in [0.29, 0.717) is 11.1 Å². The Morgan fingerprint density at radius 2 is 2.18 bits per heavy atom. The molecule has 4 nitrogen and oxygen atoms in total. The van der Waals surface area contributed by atoms with Crippen molar-refractivity contribution in [2.75, 3.05) is 20.7 Å². The van der Waals surface area contributed by atoms with Crippen LogP contribution in [0.1, 0.15) is 21.5 Å². The second kappa shape index (κ2) is 6.04. The van der Waals surface area contributed by atoms with Gasteiger partial charge in [0.25, 0.3) is 5.91 Å². The lowest BCUT2D eigenvalue weighted by Crippen LogP contribution is -2.36. The number of aryl methyl sites for hydroxylation is 1. The minimum atomic E-state index is -0.187. The summed E-state index contributed by atoms with van der Waals surface area (Å²) in [6.07, 6.45) is 0. The van der Waals surface area contributed by atoms with Crippen molar-refractivity contribution in [3.63, 3.8) is 0 Å². The largest absolute Gasteiger partial charge is 0.384 e. The Kier molecular flexibility index (Phi) is 4.70. The molecule has 1 aromatic rings. The van der Waals surface area contributed by atoms with Crippen molar-refractivity contribution in [1.82, 2.24) is 10.4 Å². The number of amides is 1. The summed E-state index contributed by atoms with van der Waals surface area (Å²) in [6.45, 7) is 1.68. The number of aliphatic hydroxyl groups excluding tert-OH is 1. The van der Waals surface area contributed by atoms with Crippen molar-refractivity contribution in [1.29, 1.82) is 0 Å². The molecule has 0 unspecified atom stereocenters. The van der Waals surface area contributed by atoms with Crippen LogP contribution in [0.4, 0.5) is 0 Å². The summed E-state index contributed by atoms with van der Waals surface area (Å²) in [4.78, 5) is 11.9. The van der Waals surface area contributed by atoms with E-state index in [4.69, 9.17) is 5.11 Å². The van der Waals surface area contributed by atoms with Gasteiger partial charge in [-0.25, -0.2) is 5.01 Å². The molecule has 2 N–H and O–H groups in total. The third-order valence-corrected chi connectivity index (χ3v) is 2.12. The van der Waals surface area contributed by atoms with Crippen molar-refractivity contribution >= 4 is 5.91 Å². The van der Waals surface area contributed by atoms with Gasteiger partial charge in [0.2, 0.25) is 0 Å². The molecule has 0 radical (unpaired) electrons. The molecular weight excluding hydrogens is 216 g/mol. The zero-order chi connectivity index (χ0) is 12.8. The zero-order valence-corrected chi connectivity index (χ0v) is 10.2. The van der Waals surface area contributed by atoms with Crippen LogP contribution in [0.2, 0.25) is 0 Å². The molecule has 0 atom stereocenters. The van der Waals surface area contributed by atoms with Gasteiger partial charge in [-0.05, 0) is 24.6 Å². The van der Waals surface area contributed by atoms with Crippen LogP contribution in [-0.4, -0.2) is 36.7 Å². The Morgan fingerprint density at radius 1 is 1.47 bits per heavy atom. The molecule has 1 rings (SSSR count). The SMILES string of the molecule is Cc1ccc(C#CCO)cc1C(=O)NN(C)C. The molecule has 4 heteroatoms. The molecule has 1 amide bonds. The van der Waals surface area contributed by atoms with Gasteiger partial charge in [0, 0.05) is 25.2 Å². The van der Waals surface area contributed by atoms with Crippen molar-refractivity contribution < 1.29 is 9.90 Å². The van der Waals surface area contributed by atoms with E-state index in [1.807, 2.05) is 19.1 Å². The number of carbonyl (C=O) groups excluding carboxylic acids is 1. The van der Waals surface area contributed by atoms with Crippen LogP contribution in [0.3, 0.4) is 0 Å². The maximum absolute atomic E-state index is 11.9. The molecule has 0 saturated carbocycles. The van der Waals surface area contributed by atoms with Crippen LogP contribution in [0.25, 0.3) is 0 Å². The first-order valence-electron chi connectivity index (χ1n) is 5.23. The molecule has 0 bridgehead atoms. The van der Waals surface area contributed by atoms with Gasteiger partial charge in [-0.2, -0.15) is 0 Å². The van der Waals surface area contributed by atoms with E-state index in [2.05, 4.69) is 17.3 Å². The van der Waals surface area contributed by atoms with Crippen molar-refractivity contribution in [3.05, 3.63) is 34.9 Å². The number of nitrogens with zero attached hydrogens (tertiary/aromatic N) is 1. The van der Waals surface area contributed by atoms with Gasteiger partial charge in [-0.3, -0.25) is 10.2 Å². The normalized spacial score (nSPS) is 9.71. The summed E-state index contributed by atoms with van der Waals surface area (Å²) in [6, 6.07) is 5.38. The first kappa shape index (κ1) is 13.2. The van der Waals surface area contributed by atoms with E-state index in [9.17, 15) is 4.79 Å². The number of hydrogen-bond donors (Lipinski definition) is 2. The highest BCUT2D eigenvalue weighted by atomic mass is 16.2. The van der Waals surface area contributed by atoms with E-state index in [-0.39, 0.29) is 12.5 Å². The molecule has 0 heterocycles. The van der Waals surface area contributed by atoms with Gasteiger partial charge in [0.05, 0.1) is 0 Å². The van der Waals surface area contributed by atoms with E-state index >= 15 is 0 Å². The van der Waals surface area contributed by atoms with Gasteiger partial charge in [-0.1, -0.05) is 17.9 Å². The summed E-state index contributed by atoms with van der Waals surface area (Å²) in [7, 11) is 3.51. The lowest BCUT2D eigenvalue weighted by Gasteiger charge is -2.13. The standard InChI is InChI=1S/C13H16N2O2/c1-10-6-7-11(5-4-8-16)9-12(10)13(17)14-15(2)3/h6-7,9,16H,8H2,1-3H3,(H,14,17). The second-order valence-corrected chi connectivity index (χ2v) is 3.82. The Morgan fingerprint density at radius 3 is 2.76 bits per heavy atom. The van der Waals surface area contributed by atoms with E-state index in [1.165, 1.54) is 0 Å². The number of carbonyl (C=O) groups is 1. The Labute approximate surface area is 101 Å². The van der Waals surface area contributed by atoms with Crippen molar-refractivity contribution in [3.8, 4) is 11.8 Å². The van der Waals surface area contributed by atoms with Gasteiger partial charge >= 0.3 is 0 Å². The van der Waals surface area contributed by atoms with Crippen molar-refractivity contribution in [2.24, 2.45) is 0 Å². The lowest BCUT2D eigenvalue weighted by atomic mass is 10.0. The Balaban J connectivity index is 3.02. The highest BCUT2D eigenvalue weighted by Crippen LogP contribution is 2.10. The van der Waals surface area contributed by atoms with Crippen LogP contribution >= 0.6 is 0 Å². The second-order valence-electron chi connectivity index (χ2n) is 3.82. The number of nitrogens with one attached hydrogen (secondary N) is 1. The summed E-state index contributed by atoms with van der Waals surface area (Å²) in [5.41, 5.74) is 4.87. The first-order chi connectivity index (χ1) is 8.04. The molecule has 90 valence electrons. The minimum Gasteiger partial charge on any atom is -0.384 e. The molecule has 17 heavy (non-hydrogen) atoms. The highest BCUT2D eigenvalue weighted by molar-refractivity contribution is 5.95. The quantitative estimate of drug-likeness (QED) is 0.578. The topological polar surface area (TPSA) is 52.6 Å². The van der Waals surface area contributed by atoms with Gasteiger partial charge in [0.15, 0.2) is 0 Å². The maximum atomic E-state index is 11.9. The number of hydrazine groups is 1. The fourth-order valence-corrected chi connectivity index (χ4v) is 1.35. The zero-order valence-electron chi connectivity index (χ0n) is 10.2. The van der Waals surface area contributed by atoms with Crippen LogP contribution in [0.15, 0.2) is 18.2 Å². The predicted molar refractivity (Wildman–Crippen MR) is 66.3 cm³/mol. The molecule has 0 aromatic heterocycles. The molecule has 0 saturated heterocycles. The number of aliphatic hydroxyl groups is 1. The summed E-state index contributed by atoms with van der Waals surface area (Å²) in [5, 5.41) is 10.2. The molecule has 0 aliphatic rings. The van der Waals surface area contributed by atoms with E-state index in [1.54, 1.807) is 25.2 Å². The van der Waals surface area contributed by atoms with E-state index < -0.39 is 0 Å². The van der Waals surface area contributed by atoms with Gasteiger partial charge < -0.3 is 5.11 Å². The Bertz CT molecular complexity index is 470. The van der Waals surface area contributed by atoms with Crippen LogP contribution in [0, 0.1) is 18.8 Å². The van der Waals surface area contributed by atoms with Gasteiger partial charge in [0.1, 0.15) is 6.61 Å². The molecular formula is C13H16N2O2. The third-order valence-electron chi connectivity index (χ3n) is 2.12. The fraction of sp³-hybridized carbons (Fsp3) is 0.308. The monoisotopic (exact) mass is 232 g/mol. The summed E-state index contributed by atoms with van der Waals surface area (Å²) >= 11 is 0. The molecule has 0 aliphatic carbocycles. The molecule has 0 fully saturated rings. The average Bonchev–Trinajstić information content (AvgIpc) is 2.27. The Hall–Kier alpha value is -1.83. The van der Waals surface area contributed by atoms with Crippen LogP contribution in [-0.2, 0) is 0 Å². The highest BCUT2D eigenvalue weighted by Gasteiger charge is 2.09. The van der Waals surface area contributed by atoms with Crippen molar-refractivity contribution in [2.45, 2.75) is 6.92 Å². The summed E-state index contributed by atoms with van der Waals surface area (Å²) < 4.78 is 0. The molecule has 0 spiro atoms. The summed E-state index contributed by atoms with van der Waals surface area (Å²) in [5.74, 6) is 5.16. The first-order valence-corrected chi connectivity index (χ1v) is 5.23. The average molecular weight is 232 g/mol. The molecule has 1 aromatic carbocycles. The third kappa shape index (κ3) is 3.91. The number of hydrogen-bond acceptors (Lipinski definition) is 3. The number of benzene rings is 1. The number of rotatable bonds is 2. The predicted octanol–water partition coefficient (Wildman–Crippen LogP) is 0.545. The van der Waals surface area contributed by atoms with E-state index in [0.717, 1.165) is 5.56 Å². The smallest absolute Gasteiger partial charge is 0.265 e. The van der Waals surface area contributed by atoms with Gasteiger partial charge in [-0.15, -0.1) is 0 Å². The minimum absolute atomic E-state index is 0.167.